The molecule has 1 fully saturated rings. The Kier molecular flexibility index (Phi) is 4.40. The summed E-state index contributed by atoms with van der Waals surface area (Å²) in [5.41, 5.74) is 1.29. The molecular weight excluding hydrogens is 282 g/mol. The monoisotopic (exact) mass is 305 g/mol. The first-order valence-electron chi connectivity index (χ1n) is 7.81. The van der Waals surface area contributed by atoms with E-state index in [-0.39, 0.29) is 0 Å². The van der Waals surface area contributed by atoms with Crippen molar-refractivity contribution in [3.63, 3.8) is 0 Å². The highest BCUT2D eigenvalue weighted by molar-refractivity contribution is 7.18. The first-order chi connectivity index (χ1) is 10.2. The number of anilines is 1. The molecule has 0 saturated heterocycles. The van der Waals surface area contributed by atoms with Crippen LogP contribution >= 0.6 is 11.3 Å². The topological polar surface area (TPSA) is 47.0 Å². The van der Waals surface area contributed by atoms with Crippen molar-refractivity contribution < 1.29 is 4.74 Å². The van der Waals surface area contributed by atoms with Crippen molar-refractivity contribution in [2.75, 3.05) is 11.9 Å². The van der Waals surface area contributed by atoms with Crippen LogP contribution < -0.4 is 5.32 Å². The lowest BCUT2D eigenvalue weighted by Crippen LogP contribution is -2.21. The summed E-state index contributed by atoms with van der Waals surface area (Å²) in [4.78, 5) is 11.8. The number of hydrogen-bond acceptors (Lipinski definition) is 5. The number of fused-ring (bicyclic) bond motifs is 1. The van der Waals surface area contributed by atoms with Crippen molar-refractivity contribution >= 4 is 27.4 Å². The summed E-state index contributed by atoms with van der Waals surface area (Å²) in [6.07, 6.45) is 5.16. The molecule has 21 heavy (non-hydrogen) atoms. The van der Waals surface area contributed by atoms with Crippen LogP contribution in [0.25, 0.3) is 10.2 Å². The molecule has 0 aromatic carbocycles. The average molecular weight is 305 g/mol. The van der Waals surface area contributed by atoms with Gasteiger partial charge in [0.1, 0.15) is 17.3 Å². The van der Waals surface area contributed by atoms with Gasteiger partial charge in [0.25, 0.3) is 0 Å². The SMILES string of the molecule is CCCNc1nc(COC2CCC2)nc2sc(C)c(C)c12. The maximum Gasteiger partial charge on any atom is 0.158 e. The number of rotatable bonds is 6. The van der Waals surface area contributed by atoms with Gasteiger partial charge in [0.15, 0.2) is 5.82 Å². The normalized spacial score (nSPS) is 15.4. The number of aryl methyl sites for hydroxylation is 2. The molecule has 2 aromatic heterocycles. The van der Waals surface area contributed by atoms with Crippen LogP contribution in [0.3, 0.4) is 0 Å². The quantitative estimate of drug-likeness (QED) is 0.869. The predicted molar refractivity (Wildman–Crippen MR) is 88.1 cm³/mol. The highest BCUT2D eigenvalue weighted by Crippen LogP contribution is 2.33. The van der Waals surface area contributed by atoms with Gasteiger partial charge in [-0.15, -0.1) is 11.3 Å². The van der Waals surface area contributed by atoms with E-state index in [9.17, 15) is 0 Å². The minimum absolute atomic E-state index is 0.420. The number of aromatic nitrogens is 2. The number of thiophene rings is 1. The van der Waals surface area contributed by atoms with Crippen LogP contribution in [-0.2, 0) is 11.3 Å². The van der Waals surface area contributed by atoms with Crippen molar-refractivity contribution in [3.8, 4) is 0 Å². The molecule has 0 atom stereocenters. The lowest BCUT2D eigenvalue weighted by atomic mass is 9.96. The Hall–Kier alpha value is -1.20. The van der Waals surface area contributed by atoms with Gasteiger partial charge in [0.2, 0.25) is 0 Å². The second-order valence-corrected chi connectivity index (χ2v) is 6.95. The van der Waals surface area contributed by atoms with Crippen LogP contribution in [0, 0.1) is 13.8 Å². The van der Waals surface area contributed by atoms with E-state index in [2.05, 4.69) is 26.1 Å². The van der Waals surface area contributed by atoms with E-state index >= 15 is 0 Å². The Labute approximate surface area is 129 Å². The molecule has 0 unspecified atom stereocenters. The Morgan fingerprint density at radius 2 is 2.10 bits per heavy atom. The third-order valence-corrected chi connectivity index (χ3v) is 5.22. The van der Waals surface area contributed by atoms with Gasteiger partial charge in [-0.1, -0.05) is 6.92 Å². The van der Waals surface area contributed by atoms with Gasteiger partial charge >= 0.3 is 0 Å². The largest absolute Gasteiger partial charge is 0.370 e. The molecule has 2 aromatic rings. The summed E-state index contributed by atoms with van der Waals surface area (Å²) in [5, 5.41) is 4.63. The second-order valence-electron chi connectivity index (χ2n) is 5.74. The first-order valence-corrected chi connectivity index (χ1v) is 8.62. The van der Waals surface area contributed by atoms with Crippen molar-refractivity contribution in [2.45, 2.75) is 59.2 Å². The van der Waals surface area contributed by atoms with Gasteiger partial charge in [-0.25, -0.2) is 9.97 Å². The molecular formula is C16H23N3OS. The van der Waals surface area contributed by atoms with Gasteiger partial charge in [-0.05, 0) is 45.1 Å². The van der Waals surface area contributed by atoms with Crippen LogP contribution in [0.15, 0.2) is 0 Å². The summed E-state index contributed by atoms with van der Waals surface area (Å²) in [6, 6.07) is 0. The molecule has 4 nitrogen and oxygen atoms in total. The summed E-state index contributed by atoms with van der Waals surface area (Å²) in [5.74, 6) is 1.77. The Balaban J connectivity index is 1.89. The molecule has 0 amide bonds. The smallest absolute Gasteiger partial charge is 0.158 e. The van der Waals surface area contributed by atoms with Crippen LogP contribution in [0.5, 0.6) is 0 Å². The van der Waals surface area contributed by atoms with Gasteiger partial charge in [0.05, 0.1) is 11.5 Å². The molecule has 3 rings (SSSR count). The van der Waals surface area contributed by atoms with E-state index in [1.807, 2.05) is 0 Å². The molecule has 1 aliphatic carbocycles. The van der Waals surface area contributed by atoms with Crippen LogP contribution in [0.1, 0.15) is 48.9 Å². The molecule has 0 aliphatic heterocycles. The maximum absolute atomic E-state index is 5.86. The van der Waals surface area contributed by atoms with E-state index in [0.29, 0.717) is 12.7 Å². The standard InChI is InChI=1S/C16H23N3OS/c1-4-8-17-15-14-10(2)11(3)21-16(14)19-13(18-15)9-20-12-6-5-7-12/h12H,4-9H2,1-3H3,(H,17,18,19). The first kappa shape index (κ1) is 14.7. The van der Waals surface area contributed by atoms with Crippen molar-refractivity contribution in [1.29, 1.82) is 0 Å². The minimum atomic E-state index is 0.420. The molecule has 114 valence electrons. The second kappa shape index (κ2) is 6.28. The third kappa shape index (κ3) is 3.04. The zero-order valence-electron chi connectivity index (χ0n) is 13.0. The summed E-state index contributed by atoms with van der Waals surface area (Å²) in [6.45, 7) is 7.92. The van der Waals surface area contributed by atoms with Crippen LogP contribution in [-0.4, -0.2) is 22.6 Å². The highest BCUT2D eigenvalue weighted by atomic mass is 32.1. The van der Waals surface area contributed by atoms with Crippen molar-refractivity contribution in [2.24, 2.45) is 0 Å². The minimum Gasteiger partial charge on any atom is -0.370 e. The predicted octanol–water partition coefficient (Wildman–Crippen LogP) is 4.20. The zero-order valence-corrected chi connectivity index (χ0v) is 13.8. The van der Waals surface area contributed by atoms with E-state index < -0.39 is 0 Å². The van der Waals surface area contributed by atoms with Gasteiger partial charge in [-0.3, -0.25) is 0 Å². The van der Waals surface area contributed by atoms with E-state index in [4.69, 9.17) is 14.7 Å². The van der Waals surface area contributed by atoms with E-state index in [1.54, 1.807) is 11.3 Å². The molecule has 0 radical (unpaired) electrons. The number of nitrogens with zero attached hydrogens (tertiary/aromatic N) is 2. The van der Waals surface area contributed by atoms with Gasteiger partial charge in [-0.2, -0.15) is 0 Å². The van der Waals surface area contributed by atoms with E-state index in [0.717, 1.165) is 29.4 Å². The Bertz CT molecular complexity index is 634. The van der Waals surface area contributed by atoms with Gasteiger partial charge < -0.3 is 10.1 Å². The summed E-state index contributed by atoms with van der Waals surface area (Å²) < 4.78 is 5.86. The molecule has 1 aliphatic rings. The van der Waals surface area contributed by atoms with Gasteiger partial charge in [0, 0.05) is 11.4 Å². The Morgan fingerprint density at radius 3 is 2.76 bits per heavy atom. The lowest BCUT2D eigenvalue weighted by Gasteiger charge is -2.25. The van der Waals surface area contributed by atoms with Crippen LogP contribution in [0.4, 0.5) is 5.82 Å². The number of nitrogens with one attached hydrogen (secondary N) is 1. The average Bonchev–Trinajstić information content (AvgIpc) is 2.70. The Morgan fingerprint density at radius 1 is 1.29 bits per heavy atom. The fraction of sp³-hybridized carbons (Fsp3) is 0.625. The number of hydrogen-bond donors (Lipinski definition) is 1. The maximum atomic E-state index is 5.86. The molecule has 1 saturated carbocycles. The molecule has 0 spiro atoms. The fourth-order valence-corrected chi connectivity index (χ4v) is 3.51. The van der Waals surface area contributed by atoms with E-state index in [1.165, 1.54) is 35.1 Å². The van der Waals surface area contributed by atoms with Crippen molar-refractivity contribution in [3.05, 3.63) is 16.3 Å². The molecule has 5 heteroatoms. The molecule has 2 heterocycles. The fourth-order valence-electron chi connectivity index (χ4n) is 2.46. The van der Waals surface area contributed by atoms with Crippen molar-refractivity contribution in [1.82, 2.24) is 9.97 Å². The summed E-state index contributed by atoms with van der Waals surface area (Å²) in [7, 11) is 0. The lowest BCUT2D eigenvalue weighted by molar-refractivity contribution is -0.0115. The highest BCUT2D eigenvalue weighted by Gasteiger charge is 2.19. The zero-order chi connectivity index (χ0) is 14.8. The molecule has 0 bridgehead atoms. The third-order valence-electron chi connectivity index (χ3n) is 4.12. The molecule has 1 N–H and O–H groups in total. The van der Waals surface area contributed by atoms with Crippen LogP contribution in [0.2, 0.25) is 0 Å². The summed E-state index contributed by atoms with van der Waals surface area (Å²) >= 11 is 1.75. The number of ether oxygens (including phenoxy) is 1.